The summed E-state index contributed by atoms with van der Waals surface area (Å²) in [7, 11) is 0. The molecule has 31 heavy (non-hydrogen) atoms. The Morgan fingerprint density at radius 2 is 2.13 bits per heavy atom. The van der Waals surface area contributed by atoms with Crippen LogP contribution in [-0.2, 0) is 29.2 Å². The van der Waals surface area contributed by atoms with Gasteiger partial charge in [0.05, 0.1) is 49.9 Å². The summed E-state index contributed by atoms with van der Waals surface area (Å²) in [4.78, 5) is 26.4. The minimum atomic E-state index is -0.563. The number of carbonyl (C=O) groups is 2. The van der Waals surface area contributed by atoms with Gasteiger partial charge in [-0.1, -0.05) is 13.8 Å². The van der Waals surface area contributed by atoms with Gasteiger partial charge in [-0.3, -0.25) is 14.4 Å². The molecule has 0 radical (unpaired) electrons. The number of hydrogen-bond donors (Lipinski definition) is 2. The lowest BCUT2D eigenvalue weighted by Crippen LogP contribution is -2.33. The topological polar surface area (TPSA) is 99.9 Å². The summed E-state index contributed by atoms with van der Waals surface area (Å²) in [6, 6.07) is 4.65. The molecule has 4 rings (SSSR count). The number of cyclic esters (lactones) is 1. The average Bonchev–Trinajstić information content (AvgIpc) is 3.41. The van der Waals surface area contributed by atoms with E-state index in [1.807, 2.05) is 24.9 Å². The van der Waals surface area contributed by atoms with Gasteiger partial charge in [0.15, 0.2) is 0 Å². The Morgan fingerprint density at radius 1 is 1.35 bits per heavy atom. The first-order valence-electron chi connectivity index (χ1n) is 10.4. The van der Waals surface area contributed by atoms with Crippen molar-refractivity contribution in [2.24, 2.45) is 0 Å². The number of aliphatic hydroxyl groups excluding tert-OH is 1. The van der Waals surface area contributed by atoms with Crippen LogP contribution in [0.1, 0.15) is 32.0 Å². The van der Waals surface area contributed by atoms with Crippen molar-refractivity contribution in [3.63, 3.8) is 0 Å². The number of ether oxygens (including phenoxy) is 1. The number of amides is 2. The third-order valence-corrected chi connectivity index (χ3v) is 4.99. The first-order valence-corrected chi connectivity index (χ1v) is 10.4. The van der Waals surface area contributed by atoms with Gasteiger partial charge in [-0.2, -0.15) is 5.10 Å². The highest BCUT2D eigenvalue weighted by molar-refractivity contribution is 5.90. The number of nitrogens with one attached hydrogen (secondary N) is 1. The number of carbonyl (C=O) groups excluding carboxylic acids is 2. The number of anilines is 2. The monoisotopic (exact) mass is 433 g/mol. The molecule has 0 aliphatic carbocycles. The average molecular weight is 433 g/mol. The van der Waals surface area contributed by atoms with Crippen LogP contribution in [-0.4, -0.2) is 52.7 Å². The van der Waals surface area contributed by atoms with Gasteiger partial charge in [-0.15, -0.1) is 0 Å². The van der Waals surface area contributed by atoms with Crippen molar-refractivity contribution in [2.45, 2.75) is 46.5 Å². The Bertz CT molecular complexity index is 924. The maximum atomic E-state index is 14.8. The van der Waals surface area contributed by atoms with Crippen molar-refractivity contribution in [3.8, 4) is 0 Å². The maximum absolute atomic E-state index is 14.8. The van der Waals surface area contributed by atoms with Gasteiger partial charge in [0.25, 0.3) is 0 Å². The fourth-order valence-corrected chi connectivity index (χ4v) is 3.61. The quantitative estimate of drug-likeness (QED) is 0.723. The number of aromatic nitrogens is 2. The Labute approximate surface area is 180 Å². The van der Waals surface area contributed by atoms with Gasteiger partial charge in [-0.05, 0) is 18.2 Å². The zero-order valence-electron chi connectivity index (χ0n) is 18.0. The van der Waals surface area contributed by atoms with Crippen molar-refractivity contribution in [1.82, 2.24) is 15.1 Å². The third-order valence-electron chi connectivity index (χ3n) is 4.99. The van der Waals surface area contributed by atoms with Crippen LogP contribution in [0.15, 0.2) is 24.4 Å². The minimum Gasteiger partial charge on any atom is -0.442 e. The molecule has 1 fully saturated rings. The molecular weight excluding hydrogens is 405 g/mol. The summed E-state index contributed by atoms with van der Waals surface area (Å²) < 4.78 is 21.7. The molecule has 1 saturated heterocycles. The predicted molar refractivity (Wildman–Crippen MR) is 113 cm³/mol. The van der Waals surface area contributed by atoms with Crippen molar-refractivity contribution in [3.05, 3.63) is 41.5 Å². The SMILES string of the molecule is CC.CC(=O)NCC1CN(c2ccc(N3Cc4cn(CCO)nc4C3)c(F)c2)C(=O)O1. The maximum Gasteiger partial charge on any atom is 0.414 e. The van der Waals surface area contributed by atoms with Gasteiger partial charge in [0.2, 0.25) is 5.91 Å². The van der Waals surface area contributed by atoms with Gasteiger partial charge >= 0.3 is 6.09 Å². The molecule has 0 spiro atoms. The summed E-state index contributed by atoms with van der Waals surface area (Å²) in [6.45, 7) is 7.31. The Hall–Kier alpha value is -3.14. The van der Waals surface area contributed by atoms with Crippen LogP contribution in [0, 0.1) is 5.82 Å². The third kappa shape index (κ3) is 4.96. The molecule has 2 aliphatic rings. The van der Waals surface area contributed by atoms with Crippen LogP contribution < -0.4 is 15.1 Å². The summed E-state index contributed by atoms with van der Waals surface area (Å²) in [5.74, 6) is -0.640. The Morgan fingerprint density at radius 3 is 2.77 bits per heavy atom. The normalized spacial score (nSPS) is 17.2. The molecule has 2 aromatic rings. The Kier molecular flexibility index (Phi) is 7.11. The van der Waals surface area contributed by atoms with Crippen LogP contribution in [0.5, 0.6) is 0 Å². The zero-order valence-corrected chi connectivity index (χ0v) is 18.0. The van der Waals surface area contributed by atoms with E-state index in [4.69, 9.17) is 9.84 Å². The lowest BCUT2D eigenvalue weighted by Gasteiger charge is -2.21. The lowest BCUT2D eigenvalue weighted by atomic mass is 10.2. The van der Waals surface area contributed by atoms with Gasteiger partial charge in [0.1, 0.15) is 11.9 Å². The number of fused-ring (bicyclic) bond motifs is 1. The molecule has 2 aliphatic heterocycles. The summed E-state index contributed by atoms with van der Waals surface area (Å²) in [5, 5.41) is 16.0. The molecule has 0 bridgehead atoms. The van der Waals surface area contributed by atoms with E-state index < -0.39 is 18.0 Å². The molecule has 10 heteroatoms. The molecule has 2 N–H and O–H groups in total. The van der Waals surface area contributed by atoms with Crippen LogP contribution >= 0.6 is 0 Å². The molecule has 1 aromatic heterocycles. The van der Waals surface area contributed by atoms with E-state index in [9.17, 15) is 14.0 Å². The smallest absolute Gasteiger partial charge is 0.414 e. The number of halogens is 1. The number of hydrogen-bond acceptors (Lipinski definition) is 6. The van der Waals surface area contributed by atoms with Crippen LogP contribution in [0.2, 0.25) is 0 Å². The molecule has 2 amide bonds. The van der Waals surface area contributed by atoms with E-state index in [1.165, 1.54) is 17.9 Å². The fourth-order valence-electron chi connectivity index (χ4n) is 3.61. The summed E-state index contributed by atoms with van der Waals surface area (Å²) in [6.07, 6.45) is 0.832. The van der Waals surface area contributed by atoms with E-state index in [2.05, 4.69) is 10.4 Å². The van der Waals surface area contributed by atoms with Crippen molar-refractivity contribution < 1.29 is 23.8 Å². The fraction of sp³-hybridized carbons (Fsp3) is 0.476. The standard InChI is InChI=1S/C19H22FN5O4.C2H6/c1-12(27)21-7-15-10-25(19(28)29-15)14-2-3-18(16(20)6-14)23-8-13-9-24(4-5-26)22-17(13)11-23;1-2/h2-3,6,9,15,26H,4-5,7-8,10-11H2,1H3,(H,21,27);1-2H3. The van der Waals surface area contributed by atoms with E-state index in [0.29, 0.717) is 31.0 Å². The van der Waals surface area contributed by atoms with Crippen LogP contribution in [0.25, 0.3) is 0 Å². The van der Waals surface area contributed by atoms with E-state index >= 15 is 0 Å². The minimum absolute atomic E-state index is 0.0188. The molecule has 168 valence electrons. The zero-order chi connectivity index (χ0) is 22.5. The number of rotatable bonds is 6. The van der Waals surface area contributed by atoms with E-state index in [1.54, 1.807) is 16.8 Å². The molecule has 1 aromatic carbocycles. The molecular formula is C21H28FN5O4. The first-order chi connectivity index (χ1) is 14.9. The highest BCUT2D eigenvalue weighted by Crippen LogP contribution is 2.32. The highest BCUT2D eigenvalue weighted by Gasteiger charge is 2.33. The van der Waals surface area contributed by atoms with E-state index in [0.717, 1.165) is 11.3 Å². The molecule has 1 unspecified atom stereocenters. The molecule has 1 atom stereocenters. The molecule has 3 heterocycles. The summed E-state index contributed by atoms with van der Waals surface area (Å²) in [5.41, 5.74) is 2.71. The van der Waals surface area contributed by atoms with Crippen molar-refractivity contribution in [2.75, 3.05) is 29.5 Å². The Balaban J connectivity index is 0.00000132. The predicted octanol–water partition coefficient (Wildman–Crippen LogP) is 2.02. The largest absolute Gasteiger partial charge is 0.442 e. The number of benzene rings is 1. The van der Waals surface area contributed by atoms with Crippen molar-refractivity contribution >= 4 is 23.4 Å². The number of nitrogens with zero attached hydrogens (tertiary/aromatic N) is 4. The molecule has 0 saturated carbocycles. The molecule has 9 nitrogen and oxygen atoms in total. The van der Waals surface area contributed by atoms with E-state index in [-0.39, 0.29) is 25.6 Å². The number of aliphatic hydroxyl groups is 1. The second kappa shape index (κ2) is 9.78. The van der Waals surface area contributed by atoms with Gasteiger partial charge in [-0.25, -0.2) is 9.18 Å². The second-order valence-corrected chi connectivity index (χ2v) is 7.13. The van der Waals surface area contributed by atoms with Gasteiger partial charge < -0.3 is 20.1 Å². The van der Waals surface area contributed by atoms with Crippen LogP contribution in [0.4, 0.5) is 20.6 Å². The van der Waals surface area contributed by atoms with Gasteiger partial charge in [0, 0.05) is 25.2 Å². The van der Waals surface area contributed by atoms with Crippen LogP contribution in [0.3, 0.4) is 0 Å². The highest BCUT2D eigenvalue weighted by atomic mass is 19.1. The lowest BCUT2D eigenvalue weighted by molar-refractivity contribution is -0.119. The van der Waals surface area contributed by atoms with Crippen molar-refractivity contribution in [1.29, 1.82) is 0 Å². The first kappa shape index (κ1) is 22.5. The summed E-state index contributed by atoms with van der Waals surface area (Å²) >= 11 is 0. The second-order valence-electron chi connectivity index (χ2n) is 7.13.